The second-order valence-electron chi connectivity index (χ2n) is 6.55. The molecular weight excluding hydrogens is 294 g/mol. The summed E-state index contributed by atoms with van der Waals surface area (Å²) in [5.74, 6) is -1.22. The molecule has 1 saturated heterocycles. The SMILES string of the molecule is Cc1ccc(C2CC(N)CN(Cc3ccc(F)c(F)c3)C2)cc1. The molecule has 0 aromatic heterocycles. The van der Waals surface area contributed by atoms with Gasteiger partial charge in [0.25, 0.3) is 0 Å². The predicted octanol–water partition coefficient (Wildman–Crippen LogP) is 3.59. The van der Waals surface area contributed by atoms with Crippen LogP contribution in [0.2, 0.25) is 0 Å². The van der Waals surface area contributed by atoms with Crippen LogP contribution >= 0.6 is 0 Å². The Bertz CT molecular complexity index is 670. The van der Waals surface area contributed by atoms with Gasteiger partial charge in [-0.1, -0.05) is 35.9 Å². The van der Waals surface area contributed by atoms with Gasteiger partial charge in [-0.3, -0.25) is 4.90 Å². The molecule has 1 aliphatic heterocycles. The minimum absolute atomic E-state index is 0.0975. The molecule has 1 aliphatic rings. The Balaban J connectivity index is 1.72. The van der Waals surface area contributed by atoms with Crippen molar-refractivity contribution in [3.63, 3.8) is 0 Å². The third-order valence-electron chi connectivity index (χ3n) is 4.50. The lowest BCUT2D eigenvalue weighted by Crippen LogP contribution is -2.45. The predicted molar refractivity (Wildman–Crippen MR) is 88.1 cm³/mol. The molecule has 4 heteroatoms. The average molecular weight is 316 g/mol. The molecule has 2 aromatic carbocycles. The van der Waals surface area contributed by atoms with Crippen molar-refractivity contribution in [2.75, 3.05) is 13.1 Å². The average Bonchev–Trinajstić information content (AvgIpc) is 2.51. The second-order valence-corrected chi connectivity index (χ2v) is 6.55. The number of rotatable bonds is 3. The molecule has 0 aliphatic carbocycles. The van der Waals surface area contributed by atoms with Crippen molar-refractivity contribution >= 4 is 0 Å². The molecule has 3 rings (SSSR count). The summed E-state index contributed by atoms with van der Waals surface area (Å²) in [4.78, 5) is 2.23. The molecule has 0 bridgehead atoms. The van der Waals surface area contributed by atoms with Gasteiger partial charge in [0, 0.05) is 25.7 Å². The van der Waals surface area contributed by atoms with E-state index in [-0.39, 0.29) is 6.04 Å². The zero-order chi connectivity index (χ0) is 16.4. The van der Waals surface area contributed by atoms with E-state index in [1.54, 1.807) is 6.07 Å². The van der Waals surface area contributed by atoms with Crippen LogP contribution in [0.3, 0.4) is 0 Å². The van der Waals surface area contributed by atoms with Crippen molar-refractivity contribution in [3.05, 3.63) is 70.8 Å². The summed E-state index contributed by atoms with van der Waals surface area (Å²) in [6.07, 6.45) is 0.956. The molecule has 2 nitrogen and oxygen atoms in total. The van der Waals surface area contributed by atoms with E-state index < -0.39 is 11.6 Å². The molecule has 2 unspecified atom stereocenters. The Morgan fingerprint density at radius 1 is 1.04 bits per heavy atom. The topological polar surface area (TPSA) is 29.3 Å². The molecule has 2 N–H and O–H groups in total. The van der Waals surface area contributed by atoms with Crippen molar-refractivity contribution in [3.8, 4) is 0 Å². The minimum Gasteiger partial charge on any atom is -0.327 e. The van der Waals surface area contributed by atoms with Gasteiger partial charge in [-0.15, -0.1) is 0 Å². The number of halogens is 2. The van der Waals surface area contributed by atoms with E-state index >= 15 is 0 Å². The van der Waals surface area contributed by atoms with Crippen LogP contribution in [0.1, 0.15) is 29.0 Å². The Labute approximate surface area is 135 Å². The Kier molecular flexibility index (Phi) is 4.74. The smallest absolute Gasteiger partial charge is 0.159 e. The van der Waals surface area contributed by atoms with Crippen LogP contribution < -0.4 is 5.73 Å². The largest absolute Gasteiger partial charge is 0.327 e. The molecule has 1 heterocycles. The quantitative estimate of drug-likeness (QED) is 0.937. The number of hydrogen-bond donors (Lipinski definition) is 1. The van der Waals surface area contributed by atoms with Crippen LogP contribution in [-0.4, -0.2) is 24.0 Å². The van der Waals surface area contributed by atoms with Gasteiger partial charge in [-0.05, 0) is 42.5 Å². The Hall–Kier alpha value is -1.78. The molecule has 2 aromatic rings. The zero-order valence-corrected chi connectivity index (χ0v) is 13.3. The first-order valence-electron chi connectivity index (χ1n) is 7.99. The maximum Gasteiger partial charge on any atom is 0.159 e. The Morgan fingerprint density at radius 2 is 1.78 bits per heavy atom. The van der Waals surface area contributed by atoms with E-state index in [0.29, 0.717) is 12.5 Å². The van der Waals surface area contributed by atoms with Gasteiger partial charge < -0.3 is 5.73 Å². The van der Waals surface area contributed by atoms with Gasteiger partial charge >= 0.3 is 0 Å². The molecule has 23 heavy (non-hydrogen) atoms. The lowest BCUT2D eigenvalue weighted by Gasteiger charge is -2.36. The molecule has 0 saturated carbocycles. The normalized spacial score (nSPS) is 22.3. The summed E-state index contributed by atoms with van der Waals surface area (Å²) in [6.45, 7) is 4.33. The van der Waals surface area contributed by atoms with E-state index in [4.69, 9.17) is 5.73 Å². The van der Waals surface area contributed by atoms with Crippen molar-refractivity contribution < 1.29 is 8.78 Å². The van der Waals surface area contributed by atoms with Crippen molar-refractivity contribution in [2.45, 2.75) is 31.8 Å². The molecular formula is C19H22F2N2. The number of nitrogens with two attached hydrogens (primary N) is 1. The first kappa shape index (κ1) is 16.1. The van der Waals surface area contributed by atoms with Gasteiger partial charge in [-0.25, -0.2) is 8.78 Å². The van der Waals surface area contributed by atoms with E-state index in [1.807, 2.05) is 0 Å². The maximum atomic E-state index is 13.4. The highest BCUT2D eigenvalue weighted by molar-refractivity contribution is 5.26. The van der Waals surface area contributed by atoms with Gasteiger partial charge in [0.15, 0.2) is 11.6 Å². The first-order valence-corrected chi connectivity index (χ1v) is 7.99. The number of benzene rings is 2. The van der Waals surface area contributed by atoms with E-state index in [0.717, 1.165) is 25.1 Å². The van der Waals surface area contributed by atoms with E-state index in [2.05, 4.69) is 36.1 Å². The lowest BCUT2D eigenvalue weighted by molar-refractivity contribution is 0.181. The number of likely N-dealkylation sites (tertiary alicyclic amines) is 1. The Morgan fingerprint density at radius 3 is 2.48 bits per heavy atom. The molecule has 0 radical (unpaired) electrons. The first-order chi connectivity index (χ1) is 11.0. The lowest BCUT2D eigenvalue weighted by atomic mass is 9.88. The van der Waals surface area contributed by atoms with Crippen molar-refractivity contribution in [1.29, 1.82) is 0 Å². The highest BCUT2D eigenvalue weighted by Crippen LogP contribution is 2.27. The second kappa shape index (κ2) is 6.77. The van der Waals surface area contributed by atoms with Crippen LogP contribution in [0.4, 0.5) is 8.78 Å². The van der Waals surface area contributed by atoms with Gasteiger partial charge in [0.2, 0.25) is 0 Å². The standard InChI is InChI=1S/C19H22F2N2/c1-13-2-5-15(6-3-13)16-9-17(22)12-23(11-16)10-14-4-7-18(20)19(21)8-14/h2-8,16-17H,9-12,22H2,1H3. The maximum absolute atomic E-state index is 13.4. The fraction of sp³-hybridized carbons (Fsp3) is 0.368. The van der Waals surface area contributed by atoms with E-state index in [9.17, 15) is 8.78 Å². The molecule has 0 spiro atoms. The molecule has 122 valence electrons. The third kappa shape index (κ3) is 3.95. The van der Waals surface area contributed by atoms with Crippen LogP contribution in [0.25, 0.3) is 0 Å². The van der Waals surface area contributed by atoms with Crippen molar-refractivity contribution in [1.82, 2.24) is 4.90 Å². The molecule has 0 amide bonds. The van der Waals surface area contributed by atoms with Crippen LogP contribution in [0, 0.1) is 18.6 Å². The summed E-state index contributed by atoms with van der Waals surface area (Å²) < 4.78 is 26.4. The molecule has 1 fully saturated rings. The highest BCUT2D eigenvalue weighted by atomic mass is 19.2. The highest BCUT2D eigenvalue weighted by Gasteiger charge is 2.26. The summed E-state index contributed by atoms with van der Waals surface area (Å²) in [6, 6.07) is 12.8. The van der Waals surface area contributed by atoms with E-state index in [1.165, 1.54) is 23.3 Å². The number of aryl methyl sites for hydroxylation is 1. The summed E-state index contributed by atoms with van der Waals surface area (Å²) in [5, 5.41) is 0. The minimum atomic E-state index is -0.804. The van der Waals surface area contributed by atoms with Crippen LogP contribution in [-0.2, 0) is 6.54 Å². The third-order valence-corrected chi connectivity index (χ3v) is 4.50. The number of hydrogen-bond acceptors (Lipinski definition) is 2. The monoisotopic (exact) mass is 316 g/mol. The summed E-state index contributed by atoms with van der Waals surface area (Å²) >= 11 is 0. The van der Waals surface area contributed by atoms with Crippen LogP contribution in [0.5, 0.6) is 0 Å². The summed E-state index contributed by atoms with van der Waals surface area (Å²) in [5.41, 5.74) is 9.53. The number of piperidine rings is 1. The number of nitrogens with zero attached hydrogens (tertiary/aromatic N) is 1. The van der Waals surface area contributed by atoms with Gasteiger partial charge in [-0.2, -0.15) is 0 Å². The van der Waals surface area contributed by atoms with Crippen LogP contribution in [0.15, 0.2) is 42.5 Å². The van der Waals surface area contributed by atoms with Gasteiger partial charge in [0.05, 0.1) is 0 Å². The zero-order valence-electron chi connectivity index (χ0n) is 13.3. The molecule has 2 atom stereocenters. The fourth-order valence-corrected chi connectivity index (χ4v) is 3.34. The summed E-state index contributed by atoms with van der Waals surface area (Å²) in [7, 11) is 0. The van der Waals surface area contributed by atoms with Crippen molar-refractivity contribution in [2.24, 2.45) is 5.73 Å². The fourth-order valence-electron chi connectivity index (χ4n) is 3.34. The van der Waals surface area contributed by atoms with Gasteiger partial charge in [0.1, 0.15) is 0 Å².